The van der Waals surface area contributed by atoms with Crippen LogP contribution in [-0.4, -0.2) is 65.6 Å². The Hall–Kier alpha value is -5.62. The van der Waals surface area contributed by atoms with Gasteiger partial charge in [0, 0.05) is 65.8 Å². The maximum absolute atomic E-state index is 5.34. The second-order valence-electron chi connectivity index (χ2n) is 15.9. The molecule has 0 aliphatic carbocycles. The Balaban J connectivity index is 1.06. The van der Waals surface area contributed by atoms with Crippen molar-refractivity contribution in [1.29, 1.82) is 0 Å². The highest BCUT2D eigenvalue weighted by Gasteiger charge is 2.16. The molecular weight excluding hydrogens is 707 g/mol. The number of aliphatic imine (C=N–C) groups is 2. The molecule has 1 fully saturated rings. The molecule has 0 saturated carbocycles. The van der Waals surface area contributed by atoms with Crippen LogP contribution >= 0.6 is 0 Å². The summed E-state index contributed by atoms with van der Waals surface area (Å²) in [5, 5.41) is 2.52. The van der Waals surface area contributed by atoms with Gasteiger partial charge in [-0.05, 0) is 50.7 Å². The second-order valence-corrected chi connectivity index (χ2v) is 15.9. The number of benzene rings is 6. The molecule has 0 radical (unpaired) electrons. The van der Waals surface area contributed by atoms with Crippen molar-refractivity contribution in [3.05, 3.63) is 180 Å². The third-order valence-corrected chi connectivity index (χ3v) is 11.7. The van der Waals surface area contributed by atoms with E-state index in [0.29, 0.717) is 0 Å². The predicted octanol–water partition coefficient (Wildman–Crippen LogP) is 12.5. The van der Waals surface area contributed by atoms with Gasteiger partial charge in [-0.3, -0.25) is 0 Å². The van der Waals surface area contributed by atoms with Crippen LogP contribution in [0.1, 0.15) is 73.6 Å². The summed E-state index contributed by atoms with van der Waals surface area (Å²) >= 11 is 0. The van der Waals surface area contributed by atoms with Crippen LogP contribution in [0, 0.1) is 0 Å². The molecule has 5 heteroatoms. The van der Waals surface area contributed by atoms with Gasteiger partial charge < -0.3 is 14.4 Å². The van der Waals surface area contributed by atoms with Crippen molar-refractivity contribution in [2.75, 3.05) is 39.8 Å². The maximum Gasteiger partial charge on any atom is 0.0781 e. The molecular formula is C53H57N5. The van der Waals surface area contributed by atoms with Crippen molar-refractivity contribution < 1.29 is 0 Å². The Kier molecular flexibility index (Phi) is 13.3. The standard InChI is InChI=1S/C53H57N5/c1-56-36-38-57(39-37-56)34-20-6-4-2-3-5-7-21-35-58-50-40-46(54-52(42-22-12-8-13-23-42)43-24-14-9-15-25-43)30-32-48(50)49-33-31-47(41-51(49)58)55-53(44-26-16-10-17-27-44)45-28-18-11-19-29-45/h8-19,22-33,40-41H,2-7,20-21,34-39H2,1H3. The summed E-state index contributed by atoms with van der Waals surface area (Å²) in [4.78, 5) is 15.8. The van der Waals surface area contributed by atoms with Gasteiger partial charge in [0.25, 0.3) is 0 Å². The van der Waals surface area contributed by atoms with Gasteiger partial charge in [-0.2, -0.15) is 0 Å². The quantitative estimate of drug-likeness (QED) is 0.0684. The average Bonchev–Trinajstić information content (AvgIpc) is 3.58. The first-order chi connectivity index (χ1) is 28.7. The summed E-state index contributed by atoms with van der Waals surface area (Å²) in [5.74, 6) is 0. The van der Waals surface area contributed by atoms with Gasteiger partial charge in [-0.15, -0.1) is 0 Å². The molecule has 7 aromatic rings. The molecule has 8 rings (SSSR count). The number of hydrogen-bond acceptors (Lipinski definition) is 4. The summed E-state index contributed by atoms with van der Waals surface area (Å²) in [7, 11) is 2.24. The van der Waals surface area contributed by atoms with E-state index in [9.17, 15) is 0 Å². The van der Waals surface area contributed by atoms with Gasteiger partial charge in [0.15, 0.2) is 0 Å². The van der Waals surface area contributed by atoms with Crippen LogP contribution in [0.3, 0.4) is 0 Å². The predicted molar refractivity (Wildman–Crippen MR) is 247 cm³/mol. The van der Waals surface area contributed by atoms with Gasteiger partial charge in [-0.1, -0.05) is 172 Å². The minimum Gasteiger partial charge on any atom is -0.340 e. The first kappa shape index (κ1) is 39.2. The van der Waals surface area contributed by atoms with Gasteiger partial charge >= 0.3 is 0 Å². The maximum atomic E-state index is 5.34. The zero-order valence-corrected chi connectivity index (χ0v) is 34.1. The number of aryl methyl sites for hydroxylation is 1. The second kappa shape index (κ2) is 19.7. The van der Waals surface area contributed by atoms with E-state index in [4.69, 9.17) is 9.98 Å². The topological polar surface area (TPSA) is 36.1 Å². The Morgan fingerprint density at radius 1 is 0.414 bits per heavy atom. The summed E-state index contributed by atoms with van der Waals surface area (Å²) in [6.07, 6.45) is 10.4. The SMILES string of the molecule is CN1CCN(CCCCCCCCCCn2c3cc(N=C(c4ccccc4)c4ccccc4)ccc3c3ccc(N=C(c4ccccc4)c4ccccc4)cc32)CC1. The van der Waals surface area contributed by atoms with E-state index in [-0.39, 0.29) is 0 Å². The van der Waals surface area contributed by atoms with Crippen LogP contribution in [0.2, 0.25) is 0 Å². The molecule has 0 spiro atoms. The molecule has 5 nitrogen and oxygen atoms in total. The molecule has 0 bridgehead atoms. The Bertz CT molecular complexity index is 2170. The van der Waals surface area contributed by atoms with E-state index >= 15 is 0 Å². The fraction of sp³-hybridized carbons (Fsp3) is 0.283. The summed E-state index contributed by atoms with van der Waals surface area (Å²) in [6, 6.07) is 55.7. The Morgan fingerprint density at radius 2 is 0.776 bits per heavy atom. The van der Waals surface area contributed by atoms with Crippen molar-refractivity contribution in [3.63, 3.8) is 0 Å². The van der Waals surface area contributed by atoms with Crippen LogP contribution in [0.4, 0.5) is 11.4 Å². The number of hydrogen-bond donors (Lipinski definition) is 0. The van der Waals surface area contributed by atoms with Gasteiger partial charge in [0.2, 0.25) is 0 Å². The van der Waals surface area contributed by atoms with Crippen LogP contribution in [0.25, 0.3) is 21.8 Å². The van der Waals surface area contributed by atoms with Crippen molar-refractivity contribution in [2.45, 2.75) is 57.9 Å². The molecule has 0 unspecified atom stereocenters. The lowest BCUT2D eigenvalue weighted by Gasteiger charge is -2.32. The third-order valence-electron chi connectivity index (χ3n) is 11.7. The normalized spacial score (nSPS) is 13.5. The molecule has 2 heterocycles. The number of fused-ring (bicyclic) bond motifs is 3. The van der Waals surface area contributed by atoms with Crippen LogP contribution in [-0.2, 0) is 6.54 Å². The van der Waals surface area contributed by atoms with Crippen molar-refractivity contribution >= 4 is 44.6 Å². The highest BCUT2D eigenvalue weighted by molar-refractivity contribution is 6.16. The largest absolute Gasteiger partial charge is 0.340 e. The fourth-order valence-corrected chi connectivity index (χ4v) is 8.42. The molecule has 294 valence electrons. The van der Waals surface area contributed by atoms with Crippen molar-refractivity contribution in [2.24, 2.45) is 9.98 Å². The highest BCUT2D eigenvalue weighted by atomic mass is 15.2. The molecule has 1 aliphatic rings. The molecule has 6 aromatic carbocycles. The number of likely N-dealkylation sites (N-methyl/N-ethyl adjacent to an activating group) is 1. The molecule has 0 amide bonds. The zero-order chi connectivity index (χ0) is 39.4. The van der Waals surface area contributed by atoms with E-state index in [2.05, 4.69) is 179 Å². The summed E-state index contributed by atoms with van der Waals surface area (Å²) < 4.78 is 2.54. The minimum absolute atomic E-state index is 0.958. The van der Waals surface area contributed by atoms with Gasteiger partial charge in [-0.25, -0.2) is 9.98 Å². The molecule has 0 atom stereocenters. The third kappa shape index (κ3) is 9.90. The lowest BCUT2D eigenvalue weighted by molar-refractivity contribution is 0.152. The molecule has 1 aromatic heterocycles. The summed E-state index contributed by atoms with van der Waals surface area (Å²) in [5.41, 5.74) is 10.8. The lowest BCUT2D eigenvalue weighted by Crippen LogP contribution is -2.44. The molecule has 0 N–H and O–H groups in total. The molecule has 1 saturated heterocycles. The molecule has 1 aliphatic heterocycles. The smallest absolute Gasteiger partial charge is 0.0781 e. The van der Waals surface area contributed by atoms with E-state index in [1.807, 2.05) is 0 Å². The van der Waals surface area contributed by atoms with Crippen molar-refractivity contribution in [3.8, 4) is 0 Å². The van der Waals surface area contributed by atoms with Crippen LogP contribution in [0.5, 0.6) is 0 Å². The number of nitrogens with zero attached hydrogens (tertiary/aromatic N) is 5. The van der Waals surface area contributed by atoms with Crippen LogP contribution < -0.4 is 0 Å². The number of piperazine rings is 1. The van der Waals surface area contributed by atoms with E-state index < -0.39 is 0 Å². The Morgan fingerprint density at radius 3 is 1.17 bits per heavy atom. The highest BCUT2D eigenvalue weighted by Crippen LogP contribution is 2.35. The Labute approximate surface area is 345 Å². The lowest BCUT2D eigenvalue weighted by atomic mass is 10.0. The number of unbranched alkanes of at least 4 members (excludes halogenated alkanes) is 7. The average molecular weight is 764 g/mol. The van der Waals surface area contributed by atoms with E-state index in [1.54, 1.807) is 0 Å². The number of rotatable bonds is 17. The van der Waals surface area contributed by atoms with Crippen molar-refractivity contribution in [1.82, 2.24) is 14.4 Å². The van der Waals surface area contributed by atoms with Gasteiger partial charge in [0.1, 0.15) is 0 Å². The minimum atomic E-state index is 0.958. The zero-order valence-electron chi connectivity index (χ0n) is 34.1. The van der Waals surface area contributed by atoms with E-state index in [0.717, 1.165) is 58.0 Å². The fourth-order valence-electron chi connectivity index (χ4n) is 8.42. The summed E-state index contributed by atoms with van der Waals surface area (Å²) in [6.45, 7) is 7.12. The monoisotopic (exact) mass is 763 g/mol. The van der Waals surface area contributed by atoms with Gasteiger partial charge in [0.05, 0.1) is 33.8 Å². The number of aromatic nitrogens is 1. The van der Waals surface area contributed by atoms with Crippen LogP contribution in [0.15, 0.2) is 168 Å². The van der Waals surface area contributed by atoms with E-state index in [1.165, 1.54) is 99.5 Å². The first-order valence-corrected chi connectivity index (χ1v) is 21.6. The molecule has 58 heavy (non-hydrogen) atoms. The first-order valence-electron chi connectivity index (χ1n) is 21.6.